The van der Waals surface area contributed by atoms with Crippen molar-refractivity contribution in [3.05, 3.63) is 65.2 Å². The molecule has 0 aliphatic carbocycles. The Morgan fingerprint density at radius 2 is 1.59 bits per heavy atom. The lowest BCUT2D eigenvalue weighted by Crippen LogP contribution is -2.49. The number of hydrogen-bond donors (Lipinski definition) is 0. The van der Waals surface area contributed by atoms with Crippen LogP contribution in [0.2, 0.25) is 0 Å². The maximum atomic E-state index is 13.8. The van der Waals surface area contributed by atoms with Gasteiger partial charge in [-0.3, -0.25) is 9.69 Å². The molecule has 0 bridgehead atoms. The summed E-state index contributed by atoms with van der Waals surface area (Å²) in [6.07, 6.45) is 0. The Morgan fingerprint density at radius 3 is 2.30 bits per heavy atom. The van der Waals surface area contributed by atoms with E-state index in [2.05, 4.69) is 0 Å². The van der Waals surface area contributed by atoms with E-state index in [0.717, 1.165) is 12.1 Å². The number of amides is 1. The van der Waals surface area contributed by atoms with E-state index in [0.29, 0.717) is 32.7 Å². The molecule has 0 atom stereocenters. The van der Waals surface area contributed by atoms with Gasteiger partial charge in [0.15, 0.2) is 29.0 Å². The normalized spacial score (nSPS) is 15.0. The van der Waals surface area contributed by atoms with Crippen LogP contribution in [0.1, 0.15) is 10.4 Å². The molecule has 3 rings (SSSR count). The van der Waals surface area contributed by atoms with Crippen molar-refractivity contribution in [1.29, 1.82) is 0 Å². The lowest BCUT2D eigenvalue weighted by atomic mass is 10.1. The topological polar surface area (TPSA) is 32.8 Å². The van der Waals surface area contributed by atoms with Gasteiger partial charge in [0.05, 0.1) is 5.56 Å². The summed E-state index contributed by atoms with van der Waals surface area (Å²) in [4.78, 5) is 15.8. The molecular weight excluding hydrogens is 364 g/mol. The summed E-state index contributed by atoms with van der Waals surface area (Å²) in [6, 6.07) is 7.81. The number of nitrogens with zero attached hydrogens (tertiary/aromatic N) is 2. The number of benzene rings is 2. The second-order valence-corrected chi connectivity index (χ2v) is 6.14. The lowest BCUT2D eigenvalue weighted by molar-refractivity contribution is 0.0613. The van der Waals surface area contributed by atoms with Crippen LogP contribution in [0.4, 0.5) is 17.6 Å². The number of ether oxygens (including phenoxy) is 1. The molecule has 0 spiro atoms. The van der Waals surface area contributed by atoms with Gasteiger partial charge in [0.25, 0.3) is 5.91 Å². The van der Waals surface area contributed by atoms with Crippen LogP contribution >= 0.6 is 0 Å². The number of rotatable bonds is 5. The van der Waals surface area contributed by atoms with Crippen molar-refractivity contribution < 1.29 is 27.1 Å². The van der Waals surface area contributed by atoms with Gasteiger partial charge < -0.3 is 9.64 Å². The van der Waals surface area contributed by atoms with E-state index in [1.165, 1.54) is 11.0 Å². The van der Waals surface area contributed by atoms with Gasteiger partial charge in [0.1, 0.15) is 6.61 Å². The van der Waals surface area contributed by atoms with Crippen LogP contribution in [0.5, 0.6) is 5.75 Å². The number of carbonyl (C=O) groups is 1. The minimum absolute atomic E-state index is 0.181. The van der Waals surface area contributed by atoms with Crippen LogP contribution in [-0.2, 0) is 0 Å². The number of halogens is 4. The Balaban J connectivity index is 1.49. The zero-order valence-electron chi connectivity index (χ0n) is 14.4. The van der Waals surface area contributed by atoms with Crippen LogP contribution in [0.15, 0.2) is 36.4 Å². The van der Waals surface area contributed by atoms with E-state index in [9.17, 15) is 22.4 Å². The van der Waals surface area contributed by atoms with Crippen molar-refractivity contribution in [2.45, 2.75) is 0 Å². The molecule has 27 heavy (non-hydrogen) atoms. The van der Waals surface area contributed by atoms with E-state index in [1.54, 1.807) is 18.2 Å². The zero-order chi connectivity index (χ0) is 19.4. The summed E-state index contributed by atoms with van der Waals surface area (Å²) in [5, 5.41) is 0. The first-order valence-corrected chi connectivity index (χ1v) is 8.50. The highest BCUT2D eigenvalue weighted by atomic mass is 19.2. The molecule has 1 fully saturated rings. The first kappa shape index (κ1) is 19.2. The molecule has 1 saturated heterocycles. The third-order valence-electron chi connectivity index (χ3n) is 4.43. The monoisotopic (exact) mass is 382 g/mol. The molecule has 0 saturated carbocycles. The first-order valence-electron chi connectivity index (χ1n) is 8.50. The molecule has 0 radical (unpaired) electrons. The Morgan fingerprint density at radius 1 is 0.889 bits per heavy atom. The number of piperazine rings is 1. The van der Waals surface area contributed by atoms with Crippen molar-refractivity contribution in [2.24, 2.45) is 0 Å². The third-order valence-corrected chi connectivity index (χ3v) is 4.43. The fraction of sp³-hybridized carbons (Fsp3) is 0.316. The average molecular weight is 382 g/mol. The predicted molar refractivity (Wildman–Crippen MR) is 90.6 cm³/mol. The molecule has 144 valence electrons. The fourth-order valence-electron chi connectivity index (χ4n) is 2.88. The van der Waals surface area contributed by atoms with Crippen LogP contribution in [0.25, 0.3) is 0 Å². The van der Waals surface area contributed by atoms with Gasteiger partial charge in [-0.15, -0.1) is 0 Å². The second kappa shape index (κ2) is 8.39. The number of para-hydroxylation sites is 1. The SMILES string of the molecule is O=C(c1ccc(F)c(F)c1F)N1CCN(CCOc2ccccc2F)CC1. The molecule has 1 aliphatic rings. The van der Waals surface area contributed by atoms with E-state index in [1.807, 2.05) is 4.90 Å². The average Bonchev–Trinajstić information content (AvgIpc) is 2.68. The minimum atomic E-state index is -1.65. The lowest BCUT2D eigenvalue weighted by Gasteiger charge is -2.34. The molecule has 0 unspecified atom stereocenters. The van der Waals surface area contributed by atoms with Crippen LogP contribution < -0.4 is 4.74 Å². The van der Waals surface area contributed by atoms with Crippen molar-refractivity contribution in [3.8, 4) is 5.75 Å². The second-order valence-electron chi connectivity index (χ2n) is 6.14. The summed E-state index contributed by atoms with van der Waals surface area (Å²) >= 11 is 0. The molecule has 0 N–H and O–H groups in total. The van der Waals surface area contributed by atoms with Crippen molar-refractivity contribution in [3.63, 3.8) is 0 Å². The summed E-state index contributed by atoms with van der Waals surface area (Å²) in [5.41, 5.74) is -0.481. The van der Waals surface area contributed by atoms with Crippen molar-refractivity contribution in [2.75, 3.05) is 39.3 Å². The Bertz CT molecular complexity index is 823. The van der Waals surface area contributed by atoms with Crippen LogP contribution in [-0.4, -0.2) is 55.0 Å². The highest BCUT2D eigenvalue weighted by Crippen LogP contribution is 2.18. The Hall–Kier alpha value is -2.61. The first-order chi connectivity index (χ1) is 13.0. The smallest absolute Gasteiger partial charge is 0.257 e. The molecule has 1 heterocycles. The van der Waals surface area contributed by atoms with E-state index < -0.39 is 34.7 Å². The summed E-state index contributed by atoms with van der Waals surface area (Å²) < 4.78 is 59.0. The quantitative estimate of drug-likeness (QED) is 0.589. The van der Waals surface area contributed by atoms with Gasteiger partial charge in [-0.2, -0.15) is 0 Å². The summed E-state index contributed by atoms with van der Waals surface area (Å²) in [6.45, 7) is 2.48. The van der Waals surface area contributed by atoms with Gasteiger partial charge >= 0.3 is 0 Å². The number of carbonyl (C=O) groups excluding carboxylic acids is 1. The Kier molecular flexibility index (Phi) is 5.95. The zero-order valence-corrected chi connectivity index (χ0v) is 14.4. The molecular formula is C19H18F4N2O2. The van der Waals surface area contributed by atoms with Gasteiger partial charge in [-0.05, 0) is 24.3 Å². The standard InChI is InChI=1S/C19H18F4N2O2/c20-14-3-1-2-4-16(14)27-12-11-24-7-9-25(10-8-24)19(26)13-5-6-15(21)18(23)17(13)22/h1-6H,7-12H2. The highest BCUT2D eigenvalue weighted by molar-refractivity contribution is 5.94. The molecule has 2 aromatic rings. The van der Waals surface area contributed by atoms with Crippen LogP contribution in [0.3, 0.4) is 0 Å². The minimum Gasteiger partial charge on any atom is -0.489 e. The van der Waals surface area contributed by atoms with Crippen molar-refractivity contribution >= 4 is 5.91 Å². The summed E-state index contributed by atoms with van der Waals surface area (Å²) in [7, 11) is 0. The van der Waals surface area contributed by atoms with E-state index in [4.69, 9.17) is 4.74 Å². The molecule has 8 heteroatoms. The van der Waals surface area contributed by atoms with E-state index in [-0.39, 0.29) is 12.4 Å². The van der Waals surface area contributed by atoms with E-state index >= 15 is 0 Å². The third kappa shape index (κ3) is 4.39. The highest BCUT2D eigenvalue weighted by Gasteiger charge is 2.26. The molecule has 1 aliphatic heterocycles. The largest absolute Gasteiger partial charge is 0.489 e. The van der Waals surface area contributed by atoms with Crippen molar-refractivity contribution in [1.82, 2.24) is 9.80 Å². The maximum Gasteiger partial charge on any atom is 0.257 e. The Labute approximate surface area is 153 Å². The van der Waals surface area contributed by atoms with Gasteiger partial charge in [0, 0.05) is 32.7 Å². The molecule has 2 aromatic carbocycles. The van der Waals surface area contributed by atoms with Crippen LogP contribution in [0, 0.1) is 23.3 Å². The molecule has 1 amide bonds. The fourth-order valence-corrected chi connectivity index (χ4v) is 2.88. The molecule has 0 aromatic heterocycles. The summed E-state index contributed by atoms with van der Waals surface area (Å²) in [5.74, 6) is -5.37. The predicted octanol–water partition coefficient (Wildman–Crippen LogP) is 3.08. The maximum absolute atomic E-state index is 13.8. The van der Waals surface area contributed by atoms with Gasteiger partial charge in [-0.25, -0.2) is 17.6 Å². The molecule has 4 nitrogen and oxygen atoms in total. The van der Waals surface area contributed by atoms with Gasteiger partial charge in [-0.1, -0.05) is 12.1 Å². The van der Waals surface area contributed by atoms with Gasteiger partial charge in [0.2, 0.25) is 0 Å². The number of hydrogen-bond acceptors (Lipinski definition) is 3.